The molecule has 2 aromatic carbocycles. The summed E-state index contributed by atoms with van der Waals surface area (Å²) >= 11 is 0. The molecule has 1 heterocycles. The Labute approximate surface area is 209 Å². The number of halogens is 2. The van der Waals surface area contributed by atoms with Gasteiger partial charge in [-0.05, 0) is 43.5 Å². The molecule has 0 radical (unpaired) electrons. The summed E-state index contributed by atoms with van der Waals surface area (Å²) in [5.74, 6) is -2.32. The molecule has 0 aromatic heterocycles. The van der Waals surface area contributed by atoms with Crippen LogP contribution in [-0.2, 0) is 17.8 Å². The first-order chi connectivity index (χ1) is 17.1. The van der Waals surface area contributed by atoms with Crippen LogP contribution < -0.4 is 19.1 Å². The lowest BCUT2D eigenvalue weighted by molar-refractivity contribution is -0.136. The summed E-state index contributed by atoms with van der Waals surface area (Å²) in [5.41, 5.74) is 2.00. The summed E-state index contributed by atoms with van der Waals surface area (Å²) in [6, 6.07) is 10.1. The van der Waals surface area contributed by atoms with Crippen LogP contribution in [0.2, 0.25) is 0 Å². The third-order valence-corrected chi connectivity index (χ3v) is 5.86. The number of carboxylic acids is 1. The fourth-order valence-corrected chi connectivity index (χ4v) is 4.09. The number of amides is 2. The van der Waals surface area contributed by atoms with Gasteiger partial charge in [-0.3, -0.25) is 9.69 Å². The minimum Gasteiger partial charge on any atom is -0.496 e. The Bertz CT molecular complexity index is 1070. The molecule has 10 heteroatoms. The molecule has 0 atom stereocenters. The van der Waals surface area contributed by atoms with Gasteiger partial charge in [-0.2, -0.15) is 0 Å². The molecular formula is C26H32F2N2O6. The van der Waals surface area contributed by atoms with Crippen molar-refractivity contribution in [2.75, 3.05) is 38.8 Å². The Morgan fingerprint density at radius 3 is 2.47 bits per heavy atom. The van der Waals surface area contributed by atoms with E-state index in [1.54, 1.807) is 46.2 Å². The van der Waals surface area contributed by atoms with Gasteiger partial charge in [-0.25, -0.2) is 13.6 Å². The predicted octanol–water partition coefficient (Wildman–Crippen LogP) is 4.98. The van der Waals surface area contributed by atoms with E-state index >= 15 is 0 Å². The van der Waals surface area contributed by atoms with Gasteiger partial charge >= 0.3 is 12.0 Å². The first kappa shape index (κ1) is 27.0. The molecular weight excluding hydrogens is 474 g/mol. The quantitative estimate of drug-likeness (QED) is 0.409. The smallest absolute Gasteiger partial charge is 0.324 e. The summed E-state index contributed by atoms with van der Waals surface area (Å²) in [5, 5.41) is 9.03. The lowest BCUT2D eigenvalue weighted by Crippen LogP contribution is -2.49. The van der Waals surface area contributed by atoms with E-state index in [9.17, 15) is 18.4 Å². The maximum Gasteiger partial charge on any atom is 0.324 e. The van der Waals surface area contributed by atoms with Crippen molar-refractivity contribution in [1.82, 2.24) is 4.90 Å². The number of alkyl halides is 2. The minimum absolute atomic E-state index is 0.0982. The molecule has 2 aromatic rings. The van der Waals surface area contributed by atoms with Gasteiger partial charge in [0.2, 0.25) is 5.92 Å². The first-order valence-electron chi connectivity index (χ1n) is 11.7. The number of anilines is 1. The topological polar surface area (TPSA) is 88.5 Å². The number of hydrogen-bond donors (Lipinski definition) is 1. The number of aliphatic carboxylic acids is 1. The SMILES string of the molecule is COc1cc(CC(=O)O)ccc1CN1CCCN(c2ccc(OC)c(OCCCC(C)(F)F)c2)C1=O. The number of rotatable bonds is 12. The van der Waals surface area contributed by atoms with Gasteiger partial charge in [-0.15, -0.1) is 0 Å². The fourth-order valence-electron chi connectivity index (χ4n) is 4.09. The van der Waals surface area contributed by atoms with E-state index in [2.05, 4.69) is 0 Å². The van der Waals surface area contributed by atoms with E-state index < -0.39 is 11.9 Å². The summed E-state index contributed by atoms with van der Waals surface area (Å²) in [6.07, 6.45) is 0.518. The molecule has 2 amide bonds. The number of urea groups is 1. The maximum atomic E-state index is 13.4. The van der Waals surface area contributed by atoms with E-state index in [4.69, 9.17) is 19.3 Å². The van der Waals surface area contributed by atoms with Crippen molar-refractivity contribution in [2.45, 2.75) is 45.1 Å². The summed E-state index contributed by atoms with van der Waals surface area (Å²) in [6.45, 7) is 2.34. The summed E-state index contributed by atoms with van der Waals surface area (Å²) in [4.78, 5) is 27.7. The highest BCUT2D eigenvalue weighted by Crippen LogP contribution is 2.34. The summed E-state index contributed by atoms with van der Waals surface area (Å²) in [7, 11) is 3.00. The molecule has 0 unspecified atom stereocenters. The molecule has 1 saturated heterocycles. The molecule has 196 valence electrons. The zero-order valence-electron chi connectivity index (χ0n) is 20.8. The van der Waals surface area contributed by atoms with Crippen LogP contribution in [0, 0.1) is 0 Å². The van der Waals surface area contributed by atoms with E-state index in [-0.39, 0.29) is 31.9 Å². The van der Waals surface area contributed by atoms with Crippen molar-refractivity contribution in [3.8, 4) is 17.2 Å². The zero-order valence-corrected chi connectivity index (χ0v) is 20.8. The molecule has 0 spiro atoms. The maximum absolute atomic E-state index is 13.4. The van der Waals surface area contributed by atoms with Crippen molar-refractivity contribution in [1.29, 1.82) is 0 Å². The number of methoxy groups -OCH3 is 2. The predicted molar refractivity (Wildman–Crippen MR) is 130 cm³/mol. The second-order valence-corrected chi connectivity index (χ2v) is 8.78. The lowest BCUT2D eigenvalue weighted by Gasteiger charge is -2.36. The third kappa shape index (κ3) is 7.22. The normalized spacial score (nSPS) is 14.1. The molecule has 36 heavy (non-hydrogen) atoms. The molecule has 8 nitrogen and oxygen atoms in total. The highest BCUT2D eigenvalue weighted by molar-refractivity contribution is 5.93. The molecule has 0 saturated carbocycles. The summed E-state index contributed by atoms with van der Waals surface area (Å²) < 4.78 is 42.7. The molecule has 3 rings (SSSR count). The average Bonchev–Trinajstić information content (AvgIpc) is 2.83. The number of ether oxygens (including phenoxy) is 3. The van der Waals surface area contributed by atoms with E-state index in [0.717, 1.165) is 18.9 Å². The van der Waals surface area contributed by atoms with Gasteiger partial charge in [0.15, 0.2) is 11.5 Å². The van der Waals surface area contributed by atoms with Gasteiger partial charge < -0.3 is 24.2 Å². The second kappa shape index (κ2) is 11.9. The molecule has 0 bridgehead atoms. The van der Waals surface area contributed by atoms with Gasteiger partial charge in [-0.1, -0.05) is 12.1 Å². The number of carbonyl (C=O) groups is 2. The Morgan fingerprint density at radius 2 is 1.81 bits per heavy atom. The Hall–Kier alpha value is -3.56. The Morgan fingerprint density at radius 1 is 1.06 bits per heavy atom. The lowest BCUT2D eigenvalue weighted by atomic mass is 10.1. The molecule has 1 aliphatic heterocycles. The number of benzene rings is 2. The van der Waals surface area contributed by atoms with Crippen molar-refractivity contribution in [3.63, 3.8) is 0 Å². The minimum atomic E-state index is -2.75. The Balaban J connectivity index is 1.73. The van der Waals surface area contributed by atoms with E-state index in [0.29, 0.717) is 48.1 Å². The monoisotopic (exact) mass is 506 g/mol. The van der Waals surface area contributed by atoms with Crippen molar-refractivity contribution < 1.29 is 37.7 Å². The first-order valence-corrected chi connectivity index (χ1v) is 11.7. The third-order valence-electron chi connectivity index (χ3n) is 5.86. The largest absolute Gasteiger partial charge is 0.496 e. The van der Waals surface area contributed by atoms with Crippen LogP contribution in [0.15, 0.2) is 36.4 Å². The number of hydrogen-bond acceptors (Lipinski definition) is 5. The van der Waals surface area contributed by atoms with E-state index in [1.165, 1.54) is 14.2 Å². The van der Waals surface area contributed by atoms with Crippen LogP contribution in [0.3, 0.4) is 0 Å². The Kier molecular flexibility index (Phi) is 8.95. The van der Waals surface area contributed by atoms with Gasteiger partial charge in [0.25, 0.3) is 0 Å². The fraction of sp³-hybridized carbons (Fsp3) is 0.462. The molecule has 1 aliphatic rings. The van der Waals surface area contributed by atoms with Gasteiger partial charge in [0, 0.05) is 36.8 Å². The number of nitrogens with zero attached hydrogens (tertiary/aromatic N) is 2. The van der Waals surface area contributed by atoms with Gasteiger partial charge in [0.1, 0.15) is 5.75 Å². The van der Waals surface area contributed by atoms with E-state index in [1.807, 2.05) is 0 Å². The van der Waals surface area contributed by atoms with Crippen molar-refractivity contribution in [3.05, 3.63) is 47.5 Å². The second-order valence-electron chi connectivity index (χ2n) is 8.78. The number of carboxylic acid groups (broad SMARTS) is 1. The van der Waals surface area contributed by atoms with Crippen LogP contribution in [0.25, 0.3) is 0 Å². The van der Waals surface area contributed by atoms with Crippen LogP contribution in [0.4, 0.5) is 19.3 Å². The molecule has 1 fully saturated rings. The van der Waals surface area contributed by atoms with Crippen molar-refractivity contribution in [2.24, 2.45) is 0 Å². The molecule has 0 aliphatic carbocycles. The van der Waals surface area contributed by atoms with Crippen LogP contribution in [-0.4, -0.2) is 61.8 Å². The van der Waals surface area contributed by atoms with Gasteiger partial charge in [0.05, 0.1) is 33.8 Å². The average molecular weight is 507 g/mol. The van der Waals surface area contributed by atoms with Crippen LogP contribution in [0.5, 0.6) is 17.2 Å². The van der Waals surface area contributed by atoms with Crippen molar-refractivity contribution >= 4 is 17.7 Å². The standard InChI is InChI=1S/C26H32F2N2O6/c1-26(27,28)10-4-13-36-23-16-20(8-9-21(23)34-2)30-12-5-11-29(25(30)33)17-19-7-6-18(15-24(31)32)14-22(19)35-3/h6-9,14,16H,4-5,10-13,15,17H2,1-3H3,(H,31,32). The highest BCUT2D eigenvalue weighted by atomic mass is 19.3. The highest BCUT2D eigenvalue weighted by Gasteiger charge is 2.28. The zero-order chi connectivity index (χ0) is 26.3. The van der Waals surface area contributed by atoms with Crippen LogP contribution >= 0.6 is 0 Å². The van der Waals surface area contributed by atoms with Crippen LogP contribution in [0.1, 0.15) is 37.3 Å². The molecule has 1 N–H and O–H groups in total. The number of carbonyl (C=O) groups excluding carboxylic acids is 1.